The summed E-state index contributed by atoms with van der Waals surface area (Å²) in [6.07, 6.45) is 1.56. The monoisotopic (exact) mass is 564 g/mol. The molecule has 4 atom stereocenters. The van der Waals surface area contributed by atoms with Crippen molar-refractivity contribution in [3.63, 3.8) is 0 Å². The Morgan fingerprint density at radius 3 is 2.68 bits per heavy atom. The van der Waals surface area contributed by atoms with E-state index in [1.807, 2.05) is 31.4 Å². The molecule has 1 fully saturated rings. The number of β-amino-alcohol motifs (C(OH)–C–C–N with tert-alkyl or cyclic N) is 1. The first-order valence-corrected chi connectivity index (χ1v) is 15.4. The Kier molecular flexibility index (Phi) is 8.64. The van der Waals surface area contributed by atoms with Crippen molar-refractivity contribution in [1.82, 2.24) is 19.9 Å². The molecule has 3 aromatic rings. The van der Waals surface area contributed by atoms with E-state index in [9.17, 15) is 23.1 Å². The van der Waals surface area contributed by atoms with E-state index < -0.39 is 34.1 Å². The van der Waals surface area contributed by atoms with E-state index in [4.69, 9.17) is 0 Å². The average Bonchev–Trinajstić information content (AvgIpc) is 3.43. The highest BCUT2D eigenvalue weighted by Gasteiger charge is 2.38. The van der Waals surface area contributed by atoms with Crippen LogP contribution < -0.4 is 10.6 Å². The van der Waals surface area contributed by atoms with Gasteiger partial charge < -0.3 is 15.7 Å². The predicted molar refractivity (Wildman–Crippen MR) is 145 cm³/mol. The molecule has 0 unspecified atom stereocenters. The van der Waals surface area contributed by atoms with Gasteiger partial charge in [0, 0.05) is 28.2 Å². The molecule has 37 heavy (non-hydrogen) atoms. The third kappa shape index (κ3) is 6.37. The standard InChI is InChI=1S/C25H32N4O5S3/c1-15(2)12-18(28-25(32)22-13-21-20(36-22)9-11-35-21)24(31)27-17-8-7-16(3)29(14-19(17)30)37(33,34)23-6-4-5-10-26-23/h4-6,9-11,13,15-19,30H,7-8,12,14H2,1-3H3,(H,27,31)(H,28,32)/t16-,17+,18+,19+/m1/s1. The van der Waals surface area contributed by atoms with Gasteiger partial charge >= 0.3 is 0 Å². The number of hydrogen-bond donors (Lipinski definition) is 3. The van der Waals surface area contributed by atoms with Crippen molar-refractivity contribution in [3.05, 3.63) is 46.8 Å². The summed E-state index contributed by atoms with van der Waals surface area (Å²) in [7, 11) is -3.91. The first-order valence-electron chi connectivity index (χ1n) is 12.3. The smallest absolute Gasteiger partial charge is 0.262 e. The molecule has 4 heterocycles. The van der Waals surface area contributed by atoms with E-state index in [0.717, 1.165) is 9.40 Å². The maximum absolute atomic E-state index is 13.3. The molecule has 0 spiro atoms. The lowest BCUT2D eigenvalue weighted by Crippen LogP contribution is -2.54. The Bertz CT molecular complexity index is 1310. The van der Waals surface area contributed by atoms with Gasteiger partial charge in [-0.05, 0) is 61.7 Å². The molecule has 1 aliphatic rings. The molecule has 2 amide bonds. The lowest BCUT2D eigenvalue weighted by molar-refractivity contribution is -0.125. The van der Waals surface area contributed by atoms with Crippen LogP contribution >= 0.6 is 22.7 Å². The normalized spacial score (nSPS) is 22.0. The van der Waals surface area contributed by atoms with Crippen molar-refractivity contribution in [2.24, 2.45) is 5.92 Å². The molecule has 0 aromatic carbocycles. The van der Waals surface area contributed by atoms with Crippen LogP contribution in [-0.4, -0.2) is 65.4 Å². The quantitative estimate of drug-likeness (QED) is 0.385. The van der Waals surface area contributed by atoms with Gasteiger partial charge in [-0.1, -0.05) is 19.9 Å². The summed E-state index contributed by atoms with van der Waals surface area (Å²) in [5.74, 6) is -0.559. The molecule has 12 heteroatoms. The zero-order chi connectivity index (χ0) is 26.7. The fourth-order valence-electron chi connectivity index (χ4n) is 4.47. The van der Waals surface area contributed by atoms with E-state index in [-0.39, 0.29) is 29.4 Å². The highest BCUT2D eigenvalue weighted by Crippen LogP contribution is 2.30. The van der Waals surface area contributed by atoms with Crippen LogP contribution in [0.25, 0.3) is 9.40 Å². The van der Waals surface area contributed by atoms with Crippen LogP contribution in [0.5, 0.6) is 0 Å². The van der Waals surface area contributed by atoms with Crippen LogP contribution in [0.4, 0.5) is 0 Å². The maximum atomic E-state index is 13.3. The van der Waals surface area contributed by atoms with Crippen LogP contribution in [0.15, 0.2) is 46.9 Å². The molecule has 1 aliphatic heterocycles. The van der Waals surface area contributed by atoms with E-state index >= 15 is 0 Å². The van der Waals surface area contributed by atoms with Crippen LogP contribution in [0.3, 0.4) is 0 Å². The molecule has 200 valence electrons. The molecular formula is C25H32N4O5S3. The number of carbonyl (C=O) groups is 2. The highest BCUT2D eigenvalue weighted by molar-refractivity contribution is 7.89. The van der Waals surface area contributed by atoms with E-state index in [1.165, 1.54) is 27.9 Å². The molecule has 9 nitrogen and oxygen atoms in total. The number of amides is 2. The molecule has 3 aromatic heterocycles. The van der Waals surface area contributed by atoms with Crippen LogP contribution in [0, 0.1) is 5.92 Å². The highest BCUT2D eigenvalue weighted by atomic mass is 32.2. The third-order valence-corrected chi connectivity index (χ3v) is 10.4. The molecule has 0 bridgehead atoms. The summed E-state index contributed by atoms with van der Waals surface area (Å²) in [6, 6.07) is 6.63. The number of sulfonamides is 1. The number of aliphatic hydroxyl groups excluding tert-OH is 1. The Balaban J connectivity index is 1.45. The summed E-state index contributed by atoms with van der Waals surface area (Å²) >= 11 is 2.94. The fourth-order valence-corrected chi connectivity index (χ4v) is 8.09. The van der Waals surface area contributed by atoms with Gasteiger partial charge in [0.1, 0.15) is 6.04 Å². The second kappa shape index (κ2) is 11.6. The van der Waals surface area contributed by atoms with Crippen molar-refractivity contribution >= 4 is 53.9 Å². The summed E-state index contributed by atoms with van der Waals surface area (Å²) in [5, 5.41) is 18.6. The fraction of sp³-hybridized carbons (Fsp3) is 0.480. The van der Waals surface area contributed by atoms with Gasteiger partial charge in [0.05, 0.1) is 17.0 Å². The minimum atomic E-state index is -3.91. The van der Waals surface area contributed by atoms with E-state index in [1.54, 1.807) is 30.4 Å². The second-order valence-electron chi connectivity index (χ2n) is 9.77. The topological polar surface area (TPSA) is 129 Å². The van der Waals surface area contributed by atoms with E-state index in [0.29, 0.717) is 24.1 Å². The predicted octanol–water partition coefficient (Wildman–Crippen LogP) is 3.22. The largest absolute Gasteiger partial charge is 0.390 e. The van der Waals surface area contributed by atoms with Gasteiger partial charge in [-0.2, -0.15) is 4.31 Å². The van der Waals surface area contributed by atoms with Crippen molar-refractivity contribution in [1.29, 1.82) is 0 Å². The second-order valence-corrected chi connectivity index (χ2v) is 13.6. The Labute approximate surface area is 225 Å². The van der Waals surface area contributed by atoms with Crippen molar-refractivity contribution in [2.75, 3.05) is 6.54 Å². The first-order chi connectivity index (χ1) is 17.6. The Morgan fingerprint density at radius 1 is 1.22 bits per heavy atom. The SMILES string of the molecule is CC(C)C[C@H](NC(=O)c1cc2sccc2s1)C(=O)N[C@H]1CC[C@@H](C)N(S(=O)(=O)c2ccccn2)C[C@@H]1O. The minimum absolute atomic E-state index is 0.0790. The number of nitrogens with one attached hydrogen (secondary N) is 2. The number of fused-ring (bicyclic) bond motifs is 1. The number of aromatic nitrogens is 1. The molecule has 1 saturated heterocycles. The lowest BCUT2D eigenvalue weighted by Gasteiger charge is -2.28. The summed E-state index contributed by atoms with van der Waals surface area (Å²) in [5.41, 5.74) is 0. The van der Waals surface area contributed by atoms with Gasteiger partial charge in [0.15, 0.2) is 5.03 Å². The molecule has 0 radical (unpaired) electrons. The molecule has 0 saturated carbocycles. The Hall–Kier alpha value is -2.38. The summed E-state index contributed by atoms with van der Waals surface area (Å²) in [4.78, 5) is 30.8. The van der Waals surface area contributed by atoms with Gasteiger partial charge in [0.2, 0.25) is 5.91 Å². The molecular weight excluding hydrogens is 532 g/mol. The molecule has 0 aliphatic carbocycles. The summed E-state index contributed by atoms with van der Waals surface area (Å²) in [6.45, 7) is 5.55. The van der Waals surface area contributed by atoms with Crippen LogP contribution in [0.1, 0.15) is 49.7 Å². The lowest BCUT2D eigenvalue weighted by atomic mass is 10.0. The van der Waals surface area contributed by atoms with E-state index in [2.05, 4.69) is 15.6 Å². The number of aliphatic hydroxyl groups is 1. The number of carbonyl (C=O) groups excluding carboxylic acids is 2. The van der Waals surface area contributed by atoms with Crippen molar-refractivity contribution in [2.45, 2.75) is 69.3 Å². The maximum Gasteiger partial charge on any atom is 0.262 e. The average molecular weight is 565 g/mol. The Morgan fingerprint density at radius 2 is 2.00 bits per heavy atom. The third-order valence-electron chi connectivity index (χ3n) is 6.45. The first kappa shape index (κ1) is 27.6. The van der Waals surface area contributed by atoms with Crippen LogP contribution in [-0.2, 0) is 14.8 Å². The number of hydrogen-bond acceptors (Lipinski definition) is 8. The number of rotatable bonds is 8. The zero-order valence-corrected chi connectivity index (χ0v) is 23.4. The zero-order valence-electron chi connectivity index (χ0n) is 21.0. The van der Waals surface area contributed by atoms with Gasteiger partial charge in [0.25, 0.3) is 15.9 Å². The summed E-state index contributed by atoms with van der Waals surface area (Å²) < 4.78 is 29.7. The number of pyridine rings is 1. The number of nitrogens with zero attached hydrogens (tertiary/aromatic N) is 2. The minimum Gasteiger partial charge on any atom is -0.390 e. The van der Waals surface area contributed by atoms with Crippen LogP contribution in [0.2, 0.25) is 0 Å². The van der Waals surface area contributed by atoms with Gasteiger partial charge in [-0.25, -0.2) is 13.4 Å². The molecule has 4 rings (SSSR count). The number of thiophene rings is 2. The van der Waals surface area contributed by atoms with Gasteiger partial charge in [-0.15, -0.1) is 22.7 Å². The van der Waals surface area contributed by atoms with Crippen molar-refractivity contribution < 1.29 is 23.1 Å². The van der Waals surface area contributed by atoms with Crippen molar-refractivity contribution in [3.8, 4) is 0 Å². The van der Waals surface area contributed by atoms with Gasteiger partial charge in [-0.3, -0.25) is 9.59 Å². The molecule has 3 N–H and O–H groups in total.